The molecular formula is C16H19BrN2O. The van der Waals surface area contributed by atoms with Gasteiger partial charge in [0.15, 0.2) is 0 Å². The summed E-state index contributed by atoms with van der Waals surface area (Å²) in [5.74, 6) is 0.857. The summed E-state index contributed by atoms with van der Waals surface area (Å²) in [6, 6.07) is 14.2. The lowest BCUT2D eigenvalue weighted by molar-refractivity contribution is 0.415. The molecule has 4 heteroatoms. The predicted molar refractivity (Wildman–Crippen MR) is 87.8 cm³/mol. The van der Waals surface area contributed by atoms with E-state index in [1.54, 1.807) is 7.11 Å². The van der Waals surface area contributed by atoms with Crippen LogP contribution in [0.25, 0.3) is 0 Å². The molecule has 106 valence electrons. The second-order valence-electron chi connectivity index (χ2n) is 4.75. The van der Waals surface area contributed by atoms with Crippen LogP contribution in [0.3, 0.4) is 0 Å². The molecule has 2 aromatic rings. The number of halogens is 1. The van der Waals surface area contributed by atoms with Gasteiger partial charge in [-0.1, -0.05) is 22.0 Å². The average molecular weight is 335 g/mol. The summed E-state index contributed by atoms with van der Waals surface area (Å²) < 4.78 is 6.21. The van der Waals surface area contributed by atoms with Gasteiger partial charge in [0, 0.05) is 28.9 Å². The van der Waals surface area contributed by atoms with Crippen molar-refractivity contribution in [3.63, 3.8) is 0 Å². The third kappa shape index (κ3) is 3.14. The van der Waals surface area contributed by atoms with Crippen molar-refractivity contribution in [2.24, 2.45) is 5.73 Å². The Morgan fingerprint density at radius 3 is 2.20 bits per heavy atom. The van der Waals surface area contributed by atoms with Crippen LogP contribution in [0.5, 0.6) is 5.75 Å². The van der Waals surface area contributed by atoms with Gasteiger partial charge in [0.1, 0.15) is 5.75 Å². The van der Waals surface area contributed by atoms with E-state index in [9.17, 15) is 0 Å². The van der Waals surface area contributed by atoms with Crippen molar-refractivity contribution >= 4 is 27.3 Å². The molecule has 3 nitrogen and oxygen atoms in total. The molecule has 0 aliphatic rings. The van der Waals surface area contributed by atoms with Crippen molar-refractivity contribution in [2.45, 2.75) is 13.0 Å². The lowest BCUT2D eigenvalue weighted by Gasteiger charge is -2.21. The summed E-state index contributed by atoms with van der Waals surface area (Å²) in [6.45, 7) is 1.98. The van der Waals surface area contributed by atoms with E-state index in [0.717, 1.165) is 27.2 Å². The molecule has 0 aliphatic carbocycles. The summed E-state index contributed by atoms with van der Waals surface area (Å²) in [5.41, 5.74) is 9.24. The van der Waals surface area contributed by atoms with Gasteiger partial charge in [-0.25, -0.2) is 0 Å². The minimum absolute atomic E-state index is 0.0183. The van der Waals surface area contributed by atoms with Crippen molar-refractivity contribution < 1.29 is 4.74 Å². The highest BCUT2D eigenvalue weighted by molar-refractivity contribution is 9.10. The van der Waals surface area contributed by atoms with E-state index in [-0.39, 0.29) is 6.04 Å². The molecule has 0 unspecified atom stereocenters. The van der Waals surface area contributed by atoms with Gasteiger partial charge in [0.25, 0.3) is 0 Å². The Balaban J connectivity index is 2.28. The Morgan fingerprint density at radius 1 is 1.10 bits per heavy atom. The molecule has 2 aromatic carbocycles. The molecule has 0 aliphatic heterocycles. The van der Waals surface area contributed by atoms with Gasteiger partial charge in [-0.15, -0.1) is 0 Å². The molecule has 2 N–H and O–H groups in total. The zero-order chi connectivity index (χ0) is 14.7. The van der Waals surface area contributed by atoms with Crippen LogP contribution >= 0.6 is 15.9 Å². The van der Waals surface area contributed by atoms with E-state index in [2.05, 4.69) is 39.0 Å². The van der Waals surface area contributed by atoms with Crippen LogP contribution in [-0.4, -0.2) is 14.2 Å². The normalized spacial score (nSPS) is 12.1. The number of rotatable bonds is 4. The number of benzene rings is 2. The maximum absolute atomic E-state index is 5.93. The molecule has 2 rings (SSSR count). The van der Waals surface area contributed by atoms with E-state index < -0.39 is 0 Å². The maximum atomic E-state index is 5.93. The highest BCUT2D eigenvalue weighted by Crippen LogP contribution is 2.31. The first-order valence-electron chi connectivity index (χ1n) is 6.45. The van der Waals surface area contributed by atoms with Gasteiger partial charge in [0.05, 0.1) is 7.11 Å². The van der Waals surface area contributed by atoms with Crippen LogP contribution in [0.2, 0.25) is 0 Å². The Hall–Kier alpha value is -1.52. The fraction of sp³-hybridized carbons (Fsp3) is 0.250. The molecule has 0 radical (unpaired) electrons. The van der Waals surface area contributed by atoms with Crippen LogP contribution in [-0.2, 0) is 0 Å². The maximum Gasteiger partial charge on any atom is 0.119 e. The second-order valence-corrected chi connectivity index (χ2v) is 5.61. The van der Waals surface area contributed by atoms with Crippen molar-refractivity contribution in [1.29, 1.82) is 0 Å². The highest BCUT2D eigenvalue weighted by atomic mass is 79.9. The van der Waals surface area contributed by atoms with E-state index in [0.29, 0.717) is 0 Å². The molecule has 0 bridgehead atoms. The Bertz CT molecular complexity index is 582. The number of hydrogen-bond donors (Lipinski definition) is 1. The van der Waals surface area contributed by atoms with Gasteiger partial charge in [-0.05, 0) is 48.9 Å². The number of ether oxygens (including phenoxy) is 1. The minimum Gasteiger partial charge on any atom is -0.497 e. The Labute approximate surface area is 128 Å². The Morgan fingerprint density at radius 2 is 1.70 bits per heavy atom. The molecule has 0 fully saturated rings. The second kappa shape index (κ2) is 6.29. The SMILES string of the molecule is COc1ccc(N(C)c2ccc([C@H](C)N)c(Br)c2)cc1. The van der Waals surface area contributed by atoms with Gasteiger partial charge in [0.2, 0.25) is 0 Å². The molecule has 0 saturated carbocycles. The van der Waals surface area contributed by atoms with Gasteiger partial charge < -0.3 is 15.4 Å². The third-order valence-electron chi connectivity index (χ3n) is 3.32. The number of nitrogens with two attached hydrogens (primary N) is 1. The van der Waals surface area contributed by atoms with E-state index in [4.69, 9.17) is 10.5 Å². The number of methoxy groups -OCH3 is 1. The van der Waals surface area contributed by atoms with Crippen LogP contribution < -0.4 is 15.4 Å². The lowest BCUT2D eigenvalue weighted by atomic mass is 10.1. The quantitative estimate of drug-likeness (QED) is 0.908. The minimum atomic E-state index is 0.0183. The zero-order valence-electron chi connectivity index (χ0n) is 11.9. The smallest absolute Gasteiger partial charge is 0.119 e. The zero-order valence-corrected chi connectivity index (χ0v) is 13.5. The van der Waals surface area contributed by atoms with Crippen LogP contribution in [0, 0.1) is 0 Å². The van der Waals surface area contributed by atoms with Crippen LogP contribution in [0.1, 0.15) is 18.5 Å². The van der Waals surface area contributed by atoms with Gasteiger partial charge in [-0.3, -0.25) is 0 Å². The van der Waals surface area contributed by atoms with E-state index in [1.807, 2.05) is 38.2 Å². The van der Waals surface area contributed by atoms with Crippen molar-refractivity contribution in [1.82, 2.24) is 0 Å². The van der Waals surface area contributed by atoms with Gasteiger partial charge >= 0.3 is 0 Å². The fourth-order valence-electron chi connectivity index (χ4n) is 2.05. The van der Waals surface area contributed by atoms with E-state index >= 15 is 0 Å². The fourth-order valence-corrected chi connectivity index (χ4v) is 2.78. The average Bonchev–Trinajstić information content (AvgIpc) is 2.46. The molecule has 1 atom stereocenters. The van der Waals surface area contributed by atoms with Gasteiger partial charge in [-0.2, -0.15) is 0 Å². The Kier molecular flexibility index (Phi) is 4.68. The summed E-state index contributed by atoms with van der Waals surface area (Å²) >= 11 is 3.58. The molecule has 0 spiro atoms. The molecule has 0 amide bonds. The van der Waals surface area contributed by atoms with Crippen molar-refractivity contribution in [3.05, 3.63) is 52.5 Å². The van der Waals surface area contributed by atoms with Crippen LogP contribution in [0.15, 0.2) is 46.9 Å². The first-order chi connectivity index (χ1) is 9.52. The largest absolute Gasteiger partial charge is 0.497 e. The van der Waals surface area contributed by atoms with Crippen molar-refractivity contribution in [3.8, 4) is 5.75 Å². The molecular weight excluding hydrogens is 316 g/mol. The van der Waals surface area contributed by atoms with Crippen molar-refractivity contribution in [2.75, 3.05) is 19.1 Å². The molecule has 0 aromatic heterocycles. The third-order valence-corrected chi connectivity index (χ3v) is 4.01. The molecule has 20 heavy (non-hydrogen) atoms. The molecule has 0 heterocycles. The summed E-state index contributed by atoms with van der Waals surface area (Å²) in [5, 5.41) is 0. The summed E-state index contributed by atoms with van der Waals surface area (Å²) in [6.07, 6.45) is 0. The standard InChI is InChI=1S/C16H19BrN2O/c1-11(18)15-9-6-13(10-16(15)17)19(2)12-4-7-14(20-3)8-5-12/h4-11H,18H2,1-3H3/t11-/m0/s1. The lowest BCUT2D eigenvalue weighted by Crippen LogP contribution is -2.11. The first kappa shape index (κ1) is 14.9. The number of hydrogen-bond acceptors (Lipinski definition) is 3. The number of nitrogens with zero attached hydrogens (tertiary/aromatic N) is 1. The summed E-state index contributed by atoms with van der Waals surface area (Å²) in [7, 11) is 3.71. The highest BCUT2D eigenvalue weighted by Gasteiger charge is 2.09. The first-order valence-corrected chi connectivity index (χ1v) is 7.25. The predicted octanol–water partition coefficient (Wildman–Crippen LogP) is 4.25. The van der Waals surface area contributed by atoms with Crippen LogP contribution in [0.4, 0.5) is 11.4 Å². The van der Waals surface area contributed by atoms with E-state index in [1.165, 1.54) is 0 Å². The summed E-state index contributed by atoms with van der Waals surface area (Å²) in [4.78, 5) is 2.12. The topological polar surface area (TPSA) is 38.5 Å². The molecule has 0 saturated heterocycles. The number of anilines is 2. The monoisotopic (exact) mass is 334 g/mol.